The van der Waals surface area contributed by atoms with Crippen molar-refractivity contribution in [1.29, 1.82) is 5.41 Å². The maximum atomic E-state index is 7.92. The smallest absolute Gasteiger partial charge is 0.0389 e. The van der Waals surface area contributed by atoms with E-state index in [-0.39, 0.29) is 0 Å². The SMILES string of the molecule is N=C1CCC(C2CC2)c2ccccc21. The normalized spacial score (nSPS) is 26.0. The van der Waals surface area contributed by atoms with Gasteiger partial charge in [-0.05, 0) is 48.6 Å². The van der Waals surface area contributed by atoms with Crippen LogP contribution in [0.4, 0.5) is 0 Å². The molecule has 1 aromatic carbocycles. The van der Waals surface area contributed by atoms with E-state index in [1.165, 1.54) is 30.4 Å². The van der Waals surface area contributed by atoms with Crippen LogP contribution in [0.2, 0.25) is 0 Å². The van der Waals surface area contributed by atoms with E-state index in [1.807, 2.05) is 0 Å². The second kappa shape index (κ2) is 2.94. The van der Waals surface area contributed by atoms with Gasteiger partial charge in [0.15, 0.2) is 0 Å². The second-order valence-corrected chi connectivity index (χ2v) is 4.55. The highest BCUT2D eigenvalue weighted by molar-refractivity contribution is 6.00. The Morgan fingerprint density at radius 2 is 1.86 bits per heavy atom. The fourth-order valence-corrected chi connectivity index (χ4v) is 2.67. The maximum Gasteiger partial charge on any atom is 0.0389 e. The Morgan fingerprint density at radius 1 is 1.07 bits per heavy atom. The lowest BCUT2D eigenvalue weighted by atomic mass is 9.79. The molecule has 1 fully saturated rings. The molecule has 1 saturated carbocycles. The van der Waals surface area contributed by atoms with Crippen molar-refractivity contribution >= 4 is 5.71 Å². The zero-order valence-corrected chi connectivity index (χ0v) is 8.29. The predicted molar refractivity (Wildman–Crippen MR) is 58.0 cm³/mol. The van der Waals surface area contributed by atoms with Crippen molar-refractivity contribution in [2.24, 2.45) is 5.92 Å². The molecule has 14 heavy (non-hydrogen) atoms. The summed E-state index contributed by atoms with van der Waals surface area (Å²) in [5, 5.41) is 7.92. The lowest BCUT2D eigenvalue weighted by Crippen LogP contribution is -2.16. The number of rotatable bonds is 1. The van der Waals surface area contributed by atoms with E-state index in [1.54, 1.807) is 0 Å². The Hall–Kier alpha value is -1.11. The summed E-state index contributed by atoms with van der Waals surface area (Å²) in [7, 11) is 0. The maximum absolute atomic E-state index is 7.92. The Bertz CT molecular complexity index is 377. The lowest BCUT2D eigenvalue weighted by molar-refractivity contribution is 0.558. The molecular weight excluding hydrogens is 170 g/mol. The van der Waals surface area contributed by atoms with Gasteiger partial charge in [0, 0.05) is 5.71 Å². The van der Waals surface area contributed by atoms with E-state index in [4.69, 9.17) is 5.41 Å². The first-order valence-corrected chi connectivity index (χ1v) is 5.53. The van der Waals surface area contributed by atoms with Gasteiger partial charge in [-0.2, -0.15) is 0 Å². The van der Waals surface area contributed by atoms with Crippen molar-refractivity contribution in [1.82, 2.24) is 0 Å². The molecule has 1 N–H and O–H groups in total. The van der Waals surface area contributed by atoms with Crippen LogP contribution < -0.4 is 0 Å². The van der Waals surface area contributed by atoms with E-state index in [2.05, 4.69) is 24.3 Å². The summed E-state index contributed by atoms with van der Waals surface area (Å²) < 4.78 is 0. The number of nitrogens with one attached hydrogen (secondary N) is 1. The Morgan fingerprint density at radius 3 is 2.64 bits per heavy atom. The molecule has 1 heteroatoms. The van der Waals surface area contributed by atoms with Gasteiger partial charge in [-0.3, -0.25) is 0 Å². The fourth-order valence-electron chi connectivity index (χ4n) is 2.67. The summed E-state index contributed by atoms with van der Waals surface area (Å²) >= 11 is 0. The van der Waals surface area contributed by atoms with E-state index in [0.717, 1.165) is 24.0 Å². The Balaban J connectivity index is 2.06. The number of fused-ring (bicyclic) bond motifs is 1. The molecule has 0 radical (unpaired) electrons. The molecule has 2 aliphatic rings. The van der Waals surface area contributed by atoms with Crippen molar-refractivity contribution in [3.05, 3.63) is 35.4 Å². The predicted octanol–water partition coefficient (Wildman–Crippen LogP) is 3.34. The van der Waals surface area contributed by atoms with Crippen molar-refractivity contribution in [3.63, 3.8) is 0 Å². The molecular formula is C13H15N. The van der Waals surface area contributed by atoms with Crippen LogP contribution in [0.1, 0.15) is 42.7 Å². The van der Waals surface area contributed by atoms with E-state index >= 15 is 0 Å². The molecule has 0 aromatic heterocycles. The van der Waals surface area contributed by atoms with Crippen LogP contribution in [0.25, 0.3) is 0 Å². The summed E-state index contributed by atoms with van der Waals surface area (Å²) in [5.74, 6) is 1.70. The number of benzene rings is 1. The Labute approximate surface area is 84.7 Å². The first-order valence-electron chi connectivity index (χ1n) is 5.53. The average Bonchev–Trinajstić information content (AvgIpc) is 3.03. The van der Waals surface area contributed by atoms with Gasteiger partial charge in [-0.1, -0.05) is 24.3 Å². The van der Waals surface area contributed by atoms with Crippen LogP contribution in [0.5, 0.6) is 0 Å². The second-order valence-electron chi connectivity index (χ2n) is 4.55. The molecule has 1 unspecified atom stereocenters. The van der Waals surface area contributed by atoms with Crippen LogP contribution in [0.15, 0.2) is 24.3 Å². The number of hydrogen-bond donors (Lipinski definition) is 1. The molecule has 0 spiro atoms. The van der Waals surface area contributed by atoms with Crippen molar-refractivity contribution in [2.45, 2.75) is 31.6 Å². The summed E-state index contributed by atoms with van der Waals surface area (Å²) in [4.78, 5) is 0. The molecule has 0 aliphatic heterocycles. The summed E-state index contributed by atoms with van der Waals surface area (Å²) in [6.07, 6.45) is 5.01. The van der Waals surface area contributed by atoms with Crippen LogP contribution >= 0.6 is 0 Å². The van der Waals surface area contributed by atoms with E-state index in [9.17, 15) is 0 Å². The van der Waals surface area contributed by atoms with Gasteiger partial charge in [-0.15, -0.1) is 0 Å². The van der Waals surface area contributed by atoms with E-state index < -0.39 is 0 Å². The minimum Gasteiger partial charge on any atom is -0.305 e. The summed E-state index contributed by atoms with van der Waals surface area (Å²) in [6, 6.07) is 8.52. The zero-order valence-electron chi connectivity index (χ0n) is 8.29. The van der Waals surface area contributed by atoms with Gasteiger partial charge in [0.1, 0.15) is 0 Å². The topological polar surface area (TPSA) is 23.9 Å². The molecule has 1 aromatic rings. The molecule has 0 saturated heterocycles. The zero-order chi connectivity index (χ0) is 9.54. The highest BCUT2D eigenvalue weighted by Gasteiger charge is 2.35. The molecule has 1 nitrogen and oxygen atoms in total. The summed E-state index contributed by atoms with van der Waals surface area (Å²) in [5.41, 5.74) is 3.51. The first-order chi connectivity index (χ1) is 6.86. The molecule has 72 valence electrons. The largest absolute Gasteiger partial charge is 0.305 e. The minimum atomic E-state index is 0.764. The van der Waals surface area contributed by atoms with Crippen LogP contribution in [-0.4, -0.2) is 5.71 Å². The van der Waals surface area contributed by atoms with Gasteiger partial charge in [0.2, 0.25) is 0 Å². The summed E-state index contributed by atoms with van der Waals surface area (Å²) in [6.45, 7) is 0. The van der Waals surface area contributed by atoms with Gasteiger partial charge in [-0.25, -0.2) is 0 Å². The highest BCUT2D eigenvalue weighted by atomic mass is 14.5. The van der Waals surface area contributed by atoms with Crippen molar-refractivity contribution in [2.75, 3.05) is 0 Å². The molecule has 1 atom stereocenters. The molecule has 3 rings (SSSR count). The first kappa shape index (κ1) is 8.22. The molecule has 2 aliphatic carbocycles. The lowest BCUT2D eigenvalue weighted by Gasteiger charge is -2.25. The third-order valence-electron chi connectivity index (χ3n) is 3.58. The minimum absolute atomic E-state index is 0.764. The van der Waals surface area contributed by atoms with Gasteiger partial charge in [0.05, 0.1) is 0 Å². The van der Waals surface area contributed by atoms with Crippen LogP contribution in [-0.2, 0) is 0 Å². The van der Waals surface area contributed by atoms with Crippen molar-refractivity contribution in [3.8, 4) is 0 Å². The fraction of sp³-hybridized carbons (Fsp3) is 0.462. The standard InChI is InChI=1S/C13H15N/c14-13-8-7-10(9-5-6-9)11-3-1-2-4-12(11)13/h1-4,9-10,14H,5-8H2. The van der Waals surface area contributed by atoms with Gasteiger partial charge in [0.25, 0.3) is 0 Å². The van der Waals surface area contributed by atoms with E-state index in [0.29, 0.717) is 0 Å². The van der Waals surface area contributed by atoms with Gasteiger partial charge < -0.3 is 5.41 Å². The third kappa shape index (κ3) is 1.19. The van der Waals surface area contributed by atoms with Gasteiger partial charge >= 0.3 is 0 Å². The van der Waals surface area contributed by atoms with Crippen LogP contribution in [0, 0.1) is 11.3 Å². The average molecular weight is 185 g/mol. The highest BCUT2D eigenvalue weighted by Crippen LogP contribution is 2.47. The molecule has 0 bridgehead atoms. The third-order valence-corrected chi connectivity index (χ3v) is 3.58. The molecule has 0 amide bonds. The quantitative estimate of drug-likeness (QED) is 0.694. The Kier molecular flexibility index (Phi) is 1.73. The van der Waals surface area contributed by atoms with Crippen molar-refractivity contribution < 1.29 is 0 Å². The van der Waals surface area contributed by atoms with Crippen LogP contribution in [0.3, 0.4) is 0 Å². The monoisotopic (exact) mass is 185 g/mol. The molecule has 0 heterocycles. The number of hydrogen-bond acceptors (Lipinski definition) is 1.